The molecule has 1 amide bonds. The molecule has 0 aliphatic carbocycles. The molecular formula is C24H26ClN3O4S. The largest absolute Gasteiger partial charge is 0.441 e. The lowest BCUT2D eigenvalue weighted by atomic mass is 10.2. The quantitative estimate of drug-likeness (QED) is 0.503. The maximum atomic E-state index is 13.0. The normalized spacial score (nSPS) is 14.8. The number of aryl methyl sites for hydroxylation is 2. The molecule has 1 fully saturated rings. The standard InChI is InChI=1S/C24H26ClN3O4S/c1-17-5-10-20(33(30,31)28-13-3-2-4-14-28)15-21(17)27-23(29)11-12-24-26-16-22(32-24)18-6-8-19(25)9-7-18/h5-10,15-16H,2-4,11-14H2,1H3,(H,27,29). The first-order valence-corrected chi connectivity index (χ1v) is 12.8. The summed E-state index contributed by atoms with van der Waals surface area (Å²) >= 11 is 5.91. The Balaban J connectivity index is 1.39. The summed E-state index contributed by atoms with van der Waals surface area (Å²) in [7, 11) is -3.57. The van der Waals surface area contributed by atoms with Crippen LogP contribution in [0.15, 0.2) is 58.0 Å². The number of rotatable bonds is 7. The summed E-state index contributed by atoms with van der Waals surface area (Å²) in [4.78, 5) is 17.0. The maximum absolute atomic E-state index is 13.0. The van der Waals surface area contributed by atoms with Gasteiger partial charge in [0.25, 0.3) is 0 Å². The van der Waals surface area contributed by atoms with Gasteiger partial charge < -0.3 is 9.73 Å². The van der Waals surface area contributed by atoms with E-state index in [0.29, 0.717) is 41.9 Å². The van der Waals surface area contributed by atoms with Crippen LogP contribution in [0.1, 0.15) is 37.1 Å². The zero-order chi connectivity index (χ0) is 23.4. The van der Waals surface area contributed by atoms with E-state index in [-0.39, 0.29) is 17.2 Å². The molecule has 1 aliphatic rings. The Hall–Kier alpha value is -2.68. The lowest BCUT2D eigenvalue weighted by Crippen LogP contribution is -2.35. The molecule has 2 heterocycles. The van der Waals surface area contributed by atoms with Crippen LogP contribution in [-0.2, 0) is 21.2 Å². The van der Waals surface area contributed by atoms with E-state index < -0.39 is 10.0 Å². The minimum absolute atomic E-state index is 0.156. The molecule has 33 heavy (non-hydrogen) atoms. The second-order valence-electron chi connectivity index (χ2n) is 8.11. The fourth-order valence-corrected chi connectivity index (χ4v) is 5.43. The van der Waals surface area contributed by atoms with Gasteiger partial charge in [0.15, 0.2) is 11.7 Å². The first kappa shape index (κ1) is 23.5. The van der Waals surface area contributed by atoms with E-state index >= 15 is 0 Å². The van der Waals surface area contributed by atoms with Crippen LogP contribution < -0.4 is 5.32 Å². The molecule has 1 aliphatic heterocycles. The van der Waals surface area contributed by atoms with Crippen molar-refractivity contribution in [1.29, 1.82) is 0 Å². The summed E-state index contributed by atoms with van der Waals surface area (Å²) in [6, 6.07) is 12.1. The highest BCUT2D eigenvalue weighted by Gasteiger charge is 2.26. The zero-order valence-corrected chi connectivity index (χ0v) is 20.0. The fraction of sp³-hybridized carbons (Fsp3) is 0.333. The van der Waals surface area contributed by atoms with Crippen molar-refractivity contribution in [3.8, 4) is 11.3 Å². The lowest BCUT2D eigenvalue weighted by Gasteiger charge is -2.26. The van der Waals surface area contributed by atoms with Gasteiger partial charge in [0, 0.05) is 42.2 Å². The number of oxazole rings is 1. The third kappa shape index (κ3) is 5.63. The maximum Gasteiger partial charge on any atom is 0.243 e. The topological polar surface area (TPSA) is 92.5 Å². The number of sulfonamides is 1. The highest BCUT2D eigenvalue weighted by Crippen LogP contribution is 2.26. The molecular weight excluding hydrogens is 462 g/mol. The second-order valence-corrected chi connectivity index (χ2v) is 10.5. The van der Waals surface area contributed by atoms with E-state index in [2.05, 4.69) is 10.3 Å². The minimum atomic E-state index is -3.57. The van der Waals surface area contributed by atoms with Crippen LogP contribution in [0.5, 0.6) is 0 Å². The molecule has 2 aromatic carbocycles. The van der Waals surface area contributed by atoms with Crippen molar-refractivity contribution < 1.29 is 17.6 Å². The number of aromatic nitrogens is 1. The summed E-state index contributed by atoms with van der Waals surface area (Å²) in [6.45, 7) is 2.90. The van der Waals surface area contributed by atoms with Gasteiger partial charge in [-0.25, -0.2) is 13.4 Å². The Morgan fingerprint density at radius 2 is 1.85 bits per heavy atom. The van der Waals surface area contributed by atoms with Crippen molar-refractivity contribution in [2.75, 3.05) is 18.4 Å². The molecule has 0 bridgehead atoms. The van der Waals surface area contributed by atoms with E-state index in [1.807, 2.05) is 19.1 Å². The average molecular weight is 488 g/mol. The van der Waals surface area contributed by atoms with Gasteiger partial charge in [-0.1, -0.05) is 24.1 Å². The van der Waals surface area contributed by atoms with Gasteiger partial charge in [0.05, 0.1) is 11.1 Å². The molecule has 1 aromatic heterocycles. The number of nitrogens with one attached hydrogen (secondary N) is 1. The summed E-state index contributed by atoms with van der Waals surface area (Å²) in [6.07, 6.45) is 4.89. The first-order valence-electron chi connectivity index (χ1n) is 10.9. The van der Waals surface area contributed by atoms with Crippen molar-refractivity contribution >= 4 is 33.2 Å². The third-order valence-corrected chi connectivity index (χ3v) is 7.83. The summed E-state index contributed by atoms with van der Waals surface area (Å²) in [5.41, 5.74) is 2.14. The molecule has 9 heteroatoms. The van der Waals surface area contributed by atoms with E-state index in [9.17, 15) is 13.2 Å². The van der Waals surface area contributed by atoms with E-state index in [1.54, 1.807) is 36.5 Å². The van der Waals surface area contributed by atoms with Crippen LogP contribution in [0, 0.1) is 6.92 Å². The number of hydrogen-bond acceptors (Lipinski definition) is 5. The number of halogens is 1. The van der Waals surface area contributed by atoms with Crippen molar-refractivity contribution in [3.05, 3.63) is 65.1 Å². The Kier molecular flexibility index (Phi) is 7.17. The van der Waals surface area contributed by atoms with Gasteiger partial charge >= 0.3 is 0 Å². The number of amides is 1. The summed E-state index contributed by atoms with van der Waals surface area (Å²) < 4.78 is 33.2. The van der Waals surface area contributed by atoms with Gasteiger partial charge in [-0.3, -0.25) is 4.79 Å². The van der Waals surface area contributed by atoms with Crippen molar-refractivity contribution in [2.45, 2.75) is 43.9 Å². The van der Waals surface area contributed by atoms with Crippen LogP contribution in [0.3, 0.4) is 0 Å². The highest BCUT2D eigenvalue weighted by molar-refractivity contribution is 7.89. The summed E-state index contributed by atoms with van der Waals surface area (Å²) in [5.74, 6) is 0.818. The molecule has 0 unspecified atom stereocenters. The molecule has 7 nitrogen and oxygen atoms in total. The van der Waals surface area contributed by atoms with Gasteiger partial charge in [-0.2, -0.15) is 4.31 Å². The van der Waals surface area contributed by atoms with E-state index in [4.69, 9.17) is 16.0 Å². The van der Waals surface area contributed by atoms with E-state index in [0.717, 1.165) is 30.4 Å². The molecule has 4 rings (SSSR count). The second kappa shape index (κ2) is 10.1. The molecule has 1 saturated heterocycles. The number of piperidine rings is 1. The molecule has 1 N–H and O–H groups in total. The zero-order valence-electron chi connectivity index (χ0n) is 18.4. The SMILES string of the molecule is Cc1ccc(S(=O)(=O)N2CCCCC2)cc1NC(=O)CCc1ncc(-c2ccc(Cl)cc2)o1. The Labute approximate surface area is 198 Å². The van der Waals surface area contributed by atoms with Crippen molar-refractivity contribution in [1.82, 2.24) is 9.29 Å². The monoisotopic (exact) mass is 487 g/mol. The molecule has 0 atom stereocenters. The Morgan fingerprint density at radius 1 is 1.12 bits per heavy atom. The minimum Gasteiger partial charge on any atom is -0.441 e. The fourth-order valence-electron chi connectivity index (χ4n) is 3.76. The molecule has 3 aromatic rings. The molecule has 0 spiro atoms. The summed E-state index contributed by atoms with van der Waals surface area (Å²) in [5, 5.41) is 3.47. The van der Waals surface area contributed by atoms with Gasteiger partial charge in [-0.05, 0) is 61.7 Å². The van der Waals surface area contributed by atoms with E-state index in [1.165, 1.54) is 4.31 Å². The number of nitrogens with zero attached hydrogens (tertiary/aromatic N) is 2. The van der Waals surface area contributed by atoms with Gasteiger partial charge in [-0.15, -0.1) is 0 Å². The molecule has 174 valence electrons. The number of hydrogen-bond donors (Lipinski definition) is 1. The van der Waals surface area contributed by atoms with Crippen LogP contribution >= 0.6 is 11.6 Å². The third-order valence-electron chi connectivity index (χ3n) is 5.68. The Bertz CT molecular complexity index is 1230. The number of benzene rings is 2. The first-order chi connectivity index (χ1) is 15.8. The van der Waals surface area contributed by atoms with Crippen LogP contribution in [0.4, 0.5) is 5.69 Å². The number of carbonyl (C=O) groups is 1. The lowest BCUT2D eigenvalue weighted by molar-refractivity contribution is -0.116. The predicted molar refractivity (Wildman–Crippen MR) is 128 cm³/mol. The smallest absolute Gasteiger partial charge is 0.243 e. The average Bonchev–Trinajstić information content (AvgIpc) is 3.29. The van der Waals surface area contributed by atoms with Crippen LogP contribution in [0.2, 0.25) is 5.02 Å². The molecule has 0 radical (unpaired) electrons. The number of carbonyl (C=O) groups excluding carboxylic acids is 1. The highest BCUT2D eigenvalue weighted by atomic mass is 35.5. The predicted octanol–water partition coefficient (Wildman–Crippen LogP) is 5.05. The van der Waals surface area contributed by atoms with Crippen LogP contribution in [0.25, 0.3) is 11.3 Å². The van der Waals surface area contributed by atoms with Crippen LogP contribution in [-0.4, -0.2) is 36.7 Å². The van der Waals surface area contributed by atoms with Crippen molar-refractivity contribution in [2.24, 2.45) is 0 Å². The molecule has 0 saturated carbocycles. The number of anilines is 1. The van der Waals surface area contributed by atoms with Gasteiger partial charge in [0.2, 0.25) is 15.9 Å². The Morgan fingerprint density at radius 3 is 2.58 bits per heavy atom. The van der Waals surface area contributed by atoms with Crippen molar-refractivity contribution in [3.63, 3.8) is 0 Å². The van der Waals surface area contributed by atoms with Gasteiger partial charge in [0.1, 0.15) is 0 Å².